The SMILES string of the molecule is COc1cc(-n2nnc3ccccc32)nc(N)n1. The van der Waals surface area contributed by atoms with Crippen LogP contribution in [0.4, 0.5) is 5.95 Å². The number of rotatable bonds is 2. The van der Waals surface area contributed by atoms with Crippen molar-refractivity contribution in [2.75, 3.05) is 12.8 Å². The molecule has 0 aliphatic rings. The Morgan fingerprint density at radius 1 is 1.22 bits per heavy atom. The van der Waals surface area contributed by atoms with Gasteiger partial charge in [0.15, 0.2) is 5.82 Å². The van der Waals surface area contributed by atoms with Gasteiger partial charge in [0.05, 0.1) is 12.6 Å². The van der Waals surface area contributed by atoms with Crippen LogP contribution < -0.4 is 10.5 Å². The van der Waals surface area contributed by atoms with Crippen LogP contribution in [0.15, 0.2) is 30.3 Å². The summed E-state index contributed by atoms with van der Waals surface area (Å²) < 4.78 is 6.65. The topological polar surface area (TPSA) is 91.7 Å². The summed E-state index contributed by atoms with van der Waals surface area (Å²) in [5.41, 5.74) is 7.25. The maximum atomic E-state index is 5.62. The molecule has 0 atom stereocenters. The molecule has 2 N–H and O–H groups in total. The summed E-state index contributed by atoms with van der Waals surface area (Å²) in [7, 11) is 1.52. The summed E-state index contributed by atoms with van der Waals surface area (Å²) in [6, 6.07) is 9.23. The standard InChI is InChI=1S/C11H10N6O/c1-18-10-6-9(13-11(12)14-10)17-8-5-3-2-4-7(8)15-16-17/h2-6H,1H3,(H2,12,13,14). The van der Waals surface area contributed by atoms with Crippen LogP contribution >= 0.6 is 0 Å². The van der Waals surface area contributed by atoms with Gasteiger partial charge in [-0.1, -0.05) is 17.3 Å². The van der Waals surface area contributed by atoms with Crippen molar-refractivity contribution in [2.24, 2.45) is 0 Å². The Labute approximate surface area is 102 Å². The number of nitrogens with zero attached hydrogens (tertiary/aromatic N) is 5. The second-order valence-corrected chi connectivity index (χ2v) is 3.62. The Hall–Kier alpha value is -2.70. The van der Waals surface area contributed by atoms with Gasteiger partial charge in [-0.3, -0.25) is 0 Å². The minimum atomic E-state index is 0.129. The smallest absolute Gasteiger partial charge is 0.225 e. The summed E-state index contributed by atoms with van der Waals surface area (Å²) in [6.45, 7) is 0. The number of fused-ring (bicyclic) bond motifs is 1. The van der Waals surface area contributed by atoms with Gasteiger partial charge in [-0.2, -0.15) is 14.6 Å². The highest BCUT2D eigenvalue weighted by atomic mass is 16.5. The second-order valence-electron chi connectivity index (χ2n) is 3.62. The molecule has 0 fully saturated rings. The second kappa shape index (κ2) is 3.95. The van der Waals surface area contributed by atoms with Crippen molar-refractivity contribution in [3.63, 3.8) is 0 Å². The highest BCUT2D eigenvalue weighted by Crippen LogP contribution is 2.17. The predicted octanol–water partition coefficient (Wildman–Crippen LogP) is 0.801. The van der Waals surface area contributed by atoms with Crippen LogP contribution in [0.5, 0.6) is 5.88 Å². The lowest BCUT2D eigenvalue weighted by molar-refractivity contribution is 0.397. The van der Waals surface area contributed by atoms with Crippen LogP contribution in [-0.2, 0) is 0 Å². The number of benzene rings is 1. The van der Waals surface area contributed by atoms with E-state index in [0.29, 0.717) is 11.7 Å². The van der Waals surface area contributed by atoms with Gasteiger partial charge in [0.2, 0.25) is 11.8 Å². The summed E-state index contributed by atoms with van der Waals surface area (Å²) in [4.78, 5) is 8.05. The third-order valence-corrected chi connectivity index (χ3v) is 2.48. The molecule has 0 radical (unpaired) electrons. The third-order valence-electron chi connectivity index (χ3n) is 2.48. The zero-order chi connectivity index (χ0) is 12.5. The Morgan fingerprint density at radius 3 is 2.89 bits per heavy atom. The van der Waals surface area contributed by atoms with Crippen LogP contribution in [0.2, 0.25) is 0 Å². The maximum absolute atomic E-state index is 5.62. The molecule has 0 aliphatic carbocycles. The van der Waals surface area contributed by atoms with Gasteiger partial charge < -0.3 is 10.5 Å². The van der Waals surface area contributed by atoms with Gasteiger partial charge in [-0.05, 0) is 12.1 Å². The average Bonchev–Trinajstić information content (AvgIpc) is 2.81. The molecule has 0 saturated carbocycles. The number of hydrogen-bond donors (Lipinski definition) is 1. The lowest BCUT2D eigenvalue weighted by Gasteiger charge is -2.04. The molecule has 7 heteroatoms. The first-order valence-electron chi connectivity index (χ1n) is 5.27. The monoisotopic (exact) mass is 242 g/mol. The van der Waals surface area contributed by atoms with Gasteiger partial charge in [0.25, 0.3) is 0 Å². The summed E-state index contributed by atoms with van der Waals surface area (Å²) in [5, 5.41) is 8.10. The number of hydrogen-bond acceptors (Lipinski definition) is 6. The zero-order valence-corrected chi connectivity index (χ0v) is 9.61. The molecule has 3 rings (SSSR count). The van der Waals surface area contributed by atoms with E-state index in [0.717, 1.165) is 11.0 Å². The number of para-hydroxylation sites is 1. The number of anilines is 1. The number of nitrogens with two attached hydrogens (primary N) is 1. The molecule has 0 amide bonds. The molecule has 2 aromatic heterocycles. The molecule has 2 heterocycles. The molecule has 90 valence electrons. The summed E-state index contributed by atoms with van der Waals surface area (Å²) >= 11 is 0. The number of nitrogen functional groups attached to an aromatic ring is 1. The van der Waals surface area contributed by atoms with E-state index in [1.807, 2.05) is 24.3 Å². The van der Waals surface area contributed by atoms with E-state index in [4.69, 9.17) is 10.5 Å². The van der Waals surface area contributed by atoms with E-state index in [2.05, 4.69) is 20.3 Å². The van der Waals surface area contributed by atoms with Gasteiger partial charge in [0, 0.05) is 6.07 Å². The lowest BCUT2D eigenvalue weighted by Crippen LogP contribution is -2.05. The van der Waals surface area contributed by atoms with Crippen molar-refractivity contribution in [3.05, 3.63) is 30.3 Å². The van der Waals surface area contributed by atoms with Gasteiger partial charge >= 0.3 is 0 Å². The fourth-order valence-electron chi connectivity index (χ4n) is 1.68. The van der Waals surface area contributed by atoms with Crippen LogP contribution in [0, 0.1) is 0 Å². The molecule has 0 bridgehead atoms. The molecule has 0 spiro atoms. The molecule has 0 saturated heterocycles. The fourth-order valence-corrected chi connectivity index (χ4v) is 1.68. The quantitative estimate of drug-likeness (QED) is 0.714. The first-order chi connectivity index (χ1) is 8.78. The van der Waals surface area contributed by atoms with E-state index in [1.165, 1.54) is 7.11 Å². The molecule has 1 aromatic carbocycles. The maximum Gasteiger partial charge on any atom is 0.225 e. The van der Waals surface area contributed by atoms with Crippen molar-refractivity contribution < 1.29 is 4.74 Å². The van der Waals surface area contributed by atoms with E-state index in [-0.39, 0.29) is 5.95 Å². The Kier molecular flexibility index (Phi) is 2.30. The van der Waals surface area contributed by atoms with Crippen LogP contribution in [-0.4, -0.2) is 32.1 Å². The molecule has 7 nitrogen and oxygen atoms in total. The van der Waals surface area contributed by atoms with Crippen LogP contribution in [0.25, 0.3) is 16.9 Å². The predicted molar refractivity (Wildman–Crippen MR) is 65.4 cm³/mol. The van der Waals surface area contributed by atoms with Gasteiger partial charge in [0.1, 0.15) is 5.52 Å². The van der Waals surface area contributed by atoms with Crippen LogP contribution in [0.1, 0.15) is 0 Å². The lowest BCUT2D eigenvalue weighted by atomic mass is 10.3. The van der Waals surface area contributed by atoms with Crippen molar-refractivity contribution in [2.45, 2.75) is 0 Å². The van der Waals surface area contributed by atoms with Gasteiger partial charge in [-0.15, -0.1) is 5.10 Å². The first-order valence-corrected chi connectivity index (χ1v) is 5.27. The van der Waals surface area contributed by atoms with Crippen LogP contribution in [0.3, 0.4) is 0 Å². The minimum Gasteiger partial charge on any atom is -0.481 e. The van der Waals surface area contributed by atoms with Crippen molar-refractivity contribution in [1.82, 2.24) is 25.0 Å². The summed E-state index contributed by atoms with van der Waals surface area (Å²) in [5.74, 6) is 1.04. The van der Waals surface area contributed by atoms with Crippen molar-refractivity contribution in [3.8, 4) is 11.7 Å². The zero-order valence-electron chi connectivity index (χ0n) is 9.61. The fraction of sp³-hybridized carbons (Fsp3) is 0.0909. The first kappa shape index (κ1) is 10.5. The number of ether oxygens (including phenoxy) is 1. The molecule has 0 aliphatic heterocycles. The minimum absolute atomic E-state index is 0.129. The Bertz CT molecular complexity index is 708. The number of methoxy groups -OCH3 is 1. The van der Waals surface area contributed by atoms with Crippen molar-refractivity contribution >= 4 is 17.0 Å². The molecular weight excluding hydrogens is 232 g/mol. The molecule has 3 aromatic rings. The highest BCUT2D eigenvalue weighted by molar-refractivity contribution is 5.75. The molecule has 18 heavy (non-hydrogen) atoms. The van der Waals surface area contributed by atoms with Crippen molar-refractivity contribution in [1.29, 1.82) is 0 Å². The Morgan fingerprint density at radius 2 is 2.06 bits per heavy atom. The Balaban J connectivity index is 2.22. The van der Waals surface area contributed by atoms with E-state index in [1.54, 1.807) is 10.7 Å². The van der Waals surface area contributed by atoms with Gasteiger partial charge in [-0.25, -0.2) is 0 Å². The average molecular weight is 242 g/mol. The molecule has 0 unspecified atom stereocenters. The van der Waals surface area contributed by atoms with E-state index in [9.17, 15) is 0 Å². The summed E-state index contributed by atoms with van der Waals surface area (Å²) in [6.07, 6.45) is 0. The largest absolute Gasteiger partial charge is 0.481 e. The number of aromatic nitrogens is 5. The third kappa shape index (κ3) is 1.61. The molecular formula is C11H10N6O. The van der Waals surface area contributed by atoms with E-state index >= 15 is 0 Å². The highest BCUT2D eigenvalue weighted by Gasteiger charge is 2.09. The normalized spacial score (nSPS) is 10.7. The van der Waals surface area contributed by atoms with E-state index < -0.39 is 0 Å².